The van der Waals surface area contributed by atoms with Crippen LogP contribution in [0.4, 0.5) is 11.4 Å². The van der Waals surface area contributed by atoms with Crippen LogP contribution in [0, 0.1) is 0 Å². The Morgan fingerprint density at radius 1 is 1.25 bits per heavy atom. The molecule has 1 unspecified atom stereocenters. The molecule has 1 aliphatic heterocycles. The van der Waals surface area contributed by atoms with Crippen molar-refractivity contribution in [3.8, 4) is 11.5 Å². The van der Waals surface area contributed by atoms with Crippen LogP contribution in [0.5, 0.6) is 11.5 Å². The maximum atomic E-state index is 13.0. The molecule has 170 valence electrons. The summed E-state index contributed by atoms with van der Waals surface area (Å²) >= 11 is -2.09. The van der Waals surface area contributed by atoms with Crippen molar-refractivity contribution in [1.29, 1.82) is 0 Å². The lowest BCUT2D eigenvalue weighted by Crippen LogP contribution is -2.40. The standard InChI is InChI=1S/C21H23N3O7S/c1-2-19(26)22-18-12-15(23-32(29)31-16-5-3-4-14(10-16)13-25)11-17(20(18)27)21(28)24-6-8-30-9-7-24/h3-5,10-13,23,27H,2,6-9H2,1H3,(H,22,26). The van der Waals surface area contributed by atoms with Crippen molar-refractivity contribution >= 4 is 40.7 Å². The molecule has 1 fully saturated rings. The zero-order valence-electron chi connectivity index (χ0n) is 17.3. The minimum absolute atomic E-state index is 0.00147. The van der Waals surface area contributed by atoms with E-state index in [1.807, 2.05) is 0 Å². The van der Waals surface area contributed by atoms with Gasteiger partial charge in [0.2, 0.25) is 5.91 Å². The van der Waals surface area contributed by atoms with Gasteiger partial charge in [-0.3, -0.25) is 19.1 Å². The van der Waals surface area contributed by atoms with E-state index in [-0.39, 0.29) is 40.8 Å². The summed E-state index contributed by atoms with van der Waals surface area (Å²) in [5, 5.41) is 13.2. The van der Waals surface area contributed by atoms with Gasteiger partial charge in [0.1, 0.15) is 12.0 Å². The SMILES string of the molecule is CCC(=O)Nc1cc(NS(=O)Oc2cccc(C=O)c2)cc(C(=O)N2CCOCC2)c1O. The van der Waals surface area contributed by atoms with E-state index in [1.54, 1.807) is 19.1 Å². The highest BCUT2D eigenvalue weighted by molar-refractivity contribution is 7.81. The summed E-state index contributed by atoms with van der Waals surface area (Å²) in [4.78, 5) is 37.3. The van der Waals surface area contributed by atoms with Crippen molar-refractivity contribution < 1.29 is 32.6 Å². The molecule has 1 atom stereocenters. The van der Waals surface area contributed by atoms with Gasteiger partial charge in [0.15, 0.2) is 5.75 Å². The van der Waals surface area contributed by atoms with Crippen molar-refractivity contribution in [2.24, 2.45) is 0 Å². The van der Waals surface area contributed by atoms with Crippen LogP contribution in [0.3, 0.4) is 0 Å². The molecule has 10 nitrogen and oxygen atoms in total. The predicted octanol–water partition coefficient (Wildman–Crippen LogP) is 2.10. The van der Waals surface area contributed by atoms with E-state index in [4.69, 9.17) is 8.92 Å². The molecule has 2 aromatic carbocycles. The Hall–Kier alpha value is -3.44. The smallest absolute Gasteiger partial charge is 0.316 e. The number of phenolic OH excluding ortho intramolecular Hbond substituents is 1. The van der Waals surface area contributed by atoms with E-state index < -0.39 is 17.2 Å². The van der Waals surface area contributed by atoms with Gasteiger partial charge in [0.05, 0.1) is 30.2 Å². The second-order valence-electron chi connectivity index (χ2n) is 6.84. The molecule has 1 aliphatic rings. The van der Waals surface area contributed by atoms with Crippen LogP contribution in [-0.2, 0) is 20.8 Å². The maximum Gasteiger partial charge on any atom is 0.316 e. The van der Waals surface area contributed by atoms with E-state index in [0.717, 1.165) is 0 Å². The number of amides is 2. The molecule has 0 aliphatic carbocycles. The number of nitrogens with one attached hydrogen (secondary N) is 2. The summed E-state index contributed by atoms with van der Waals surface area (Å²) in [5.41, 5.74) is 0.462. The Balaban J connectivity index is 1.86. The summed E-state index contributed by atoms with van der Waals surface area (Å²) in [7, 11) is 0. The quantitative estimate of drug-likeness (QED) is 0.311. The number of carbonyl (C=O) groups excluding carboxylic acids is 3. The first-order chi connectivity index (χ1) is 15.4. The van der Waals surface area contributed by atoms with Crippen molar-refractivity contribution in [2.75, 3.05) is 36.3 Å². The number of nitrogens with zero attached hydrogens (tertiary/aromatic N) is 1. The minimum Gasteiger partial charge on any atom is -0.505 e. The van der Waals surface area contributed by atoms with Gasteiger partial charge >= 0.3 is 11.3 Å². The van der Waals surface area contributed by atoms with Gasteiger partial charge in [-0.1, -0.05) is 19.1 Å². The number of carbonyl (C=O) groups is 3. The predicted molar refractivity (Wildman–Crippen MR) is 118 cm³/mol. The first-order valence-corrected chi connectivity index (χ1v) is 10.9. The first-order valence-electron chi connectivity index (χ1n) is 9.87. The Kier molecular flexibility index (Phi) is 7.79. The normalized spacial score (nSPS) is 14.3. The van der Waals surface area contributed by atoms with Gasteiger partial charge in [-0.25, -0.2) is 0 Å². The highest BCUT2D eigenvalue weighted by Gasteiger charge is 2.24. The van der Waals surface area contributed by atoms with Gasteiger partial charge in [0, 0.05) is 25.1 Å². The van der Waals surface area contributed by atoms with E-state index >= 15 is 0 Å². The Bertz CT molecular complexity index is 1040. The monoisotopic (exact) mass is 461 g/mol. The molecule has 0 spiro atoms. The number of anilines is 2. The molecule has 2 aromatic rings. The fraction of sp³-hybridized carbons (Fsp3) is 0.286. The average Bonchev–Trinajstić information content (AvgIpc) is 2.81. The lowest BCUT2D eigenvalue weighted by Gasteiger charge is -2.27. The number of benzene rings is 2. The van der Waals surface area contributed by atoms with Gasteiger partial charge in [-0.15, -0.1) is 0 Å². The average molecular weight is 461 g/mol. The Morgan fingerprint density at radius 2 is 2.00 bits per heavy atom. The van der Waals surface area contributed by atoms with Crippen LogP contribution in [0.15, 0.2) is 36.4 Å². The van der Waals surface area contributed by atoms with Gasteiger partial charge < -0.3 is 24.2 Å². The molecule has 0 radical (unpaired) electrons. The molecular weight excluding hydrogens is 438 g/mol. The Morgan fingerprint density at radius 3 is 2.69 bits per heavy atom. The number of ether oxygens (including phenoxy) is 1. The fourth-order valence-electron chi connectivity index (χ4n) is 2.97. The molecule has 3 N–H and O–H groups in total. The third-order valence-electron chi connectivity index (χ3n) is 4.60. The van der Waals surface area contributed by atoms with E-state index in [1.165, 1.54) is 29.2 Å². The van der Waals surface area contributed by atoms with Crippen LogP contribution >= 0.6 is 0 Å². The summed E-state index contributed by atoms with van der Waals surface area (Å²) in [6.07, 6.45) is 0.793. The number of morpholine rings is 1. The van der Waals surface area contributed by atoms with Crippen molar-refractivity contribution in [3.05, 3.63) is 47.5 Å². The zero-order valence-corrected chi connectivity index (χ0v) is 18.1. The van der Waals surface area contributed by atoms with Gasteiger partial charge in [-0.05, 0) is 24.3 Å². The number of hydrogen-bond acceptors (Lipinski definition) is 7. The lowest BCUT2D eigenvalue weighted by atomic mass is 10.1. The summed E-state index contributed by atoms with van der Waals surface area (Å²) in [6, 6.07) is 8.78. The molecule has 1 saturated heterocycles. The first kappa shape index (κ1) is 23.2. The zero-order chi connectivity index (χ0) is 23.1. The Labute approximate surface area is 187 Å². The van der Waals surface area contributed by atoms with Crippen LogP contribution in [0.2, 0.25) is 0 Å². The van der Waals surface area contributed by atoms with Crippen LogP contribution < -0.4 is 14.2 Å². The van der Waals surface area contributed by atoms with E-state index in [9.17, 15) is 23.7 Å². The molecular formula is C21H23N3O7S. The molecule has 2 amide bonds. The second kappa shape index (κ2) is 10.7. The number of rotatable bonds is 8. The minimum atomic E-state index is -2.09. The molecule has 0 aromatic heterocycles. The summed E-state index contributed by atoms with van der Waals surface area (Å²) < 4.78 is 25.6. The molecule has 11 heteroatoms. The second-order valence-corrected chi connectivity index (χ2v) is 7.68. The van der Waals surface area contributed by atoms with E-state index in [0.29, 0.717) is 38.2 Å². The highest BCUT2D eigenvalue weighted by Crippen LogP contribution is 2.33. The largest absolute Gasteiger partial charge is 0.505 e. The topological polar surface area (TPSA) is 134 Å². The maximum absolute atomic E-state index is 13.0. The van der Waals surface area contributed by atoms with Crippen LogP contribution in [0.1, 0.15) is 34.1 Å². The van der Waals surface area contributed by atoms with Crippen molar-refractivity contribution in [2.45, 2.75) is 13.3 Å². The third kappa shape index (κ3) is 5.83. The molecule has 0 saturated carbocycles. The van der Waals surface area contributed by atoms with Crippen LogP contribution in [0.25, 0.3) is 0 Å². The molecule has 3 rings (SSSR count). The van der Waals surface area contributed by atoms with Crippen molar-refractivity contribution in [3.63, 3.8) is 0 Å². The molecule has 32 heavy (non-hydrogen) atoms. The summed E-state index contributed by atoms with van der Waals surface area (Å²) in [5.74, 6) is -1.01. The highest BCUT2D eigenvalue weighted by atomic mass is 32.2. The van der Waals surface area contributed by atoms with E-state index in [2.05, 4.69) is 10.0 Å². The third-order valence-corrected chi connectivity index (χ3v) is 5.35. The summed E-state index contributed by atoms with van der Waals surface area (Å²) in [6.45, 7) is 3.11. The molecule has 0 bridgehead atoms. The molecule has 1 heterocycles. The van der Waals surface area contributed by atoms with Crippen molar-refractivity contribution in [1.82, 2.24) is 4.90 Å². The van der Waals surface area contributed by atoms with Gasteiger partial charge in [0.25, 0.3) is 5.91 Å². The fourth-order valence-corrected chi connectivity index (χ4v) is 3.60. The number of phenols is 1. The number of hydrogen-bond donors (Lipinski definition) is 3. The van der Waals surface area contributed by atoms with Crippen LogP contribution in [-0.4, -0.2) is 58.6 Å². The van der Waals surface area contributed by atoms with Gasteiger partial charge in [-0.2, -0.15) is 4.21 Å². The number of aldehydes is 1. The number of aromatic hydroxyl groups is 1. The lowest BCUT2D eigenvalue weighted by molar-refractivity contribution is -0.115.